The number of rotatable bonds is 8. The standard InChI is InChI=1S/C29H26N2O8S/c1-4-11-39-28(35)26-16(3)30-29(40-26)31-23(17-7-6-8-19(14-17)36-5-2)22(25(33)27(31)34)24(32)18-9-10-20-21(15-18)38-13-12-37-20/h4,6-10,14-15,23,32H,1,5,11-13H2,2-3H3/b24-22+. The zero-order valence-electron chi connectivity index (χ0n) is 21.8. The summed E-state index contributed by atoms with van der Waals surface area (Å²) in [6.07, 6.45) is 1.44. The van der Waals surface area contributed by atoms with Crippen LogP contribution in [0.5, 0.6) is 17.2 Å². The Morgan fingerprint density at radius 3 is 2.73 bits per heavy atom. The van der Waals surface area contributed by atoms with Crippen LogP contribution in [0.25, 0.3) is 5.76 Å². The lowest BCUT2D eigenvalue weighted by Gasteiger charge is -2.23. The number of amides is 1. The summed E-state index contributed by atoms with van der Waals surface area (Å²) in [5.74, 6) is -1.36. The van der Waals surface area contributed by atoms with Gasteiger partial charge in [-0.1, -0.05) is 36.1 Å². The zero-order valence-corrected chi connectivity index (χ0v) is 22.7. The highest BCUT2D eigenvalue weighted by Gasteiger charge is 2.48. The molecular weight excluding hydrogens is 536 g/mol. The molecular formula is C29H26N2O8S. The zero-order chi connectivity index (χ0) is 28.4. The normalized spacial score (nSPS) is 17.6. The van der Waals surface area contributed by atoms with E-state index in [2.05, 4.69) is 11.6 Å². The first kappa shape index (κ1) is 26.9. The second-order valence-electron chi connectivity index (χ2n) is 8.83. The average Bonchev–Trinajstić information content (AvgIpc) is 3.47. The first-order valence-electron chi connectivity index (χ1n) is 12.5. The lowest BCUT2D eigenvalue weighted by molar-refractivity contribution is -0.132. The molecule has 2 aromatic carbocycles. The molecule has 3 heterocycles. The number of hydrogen-bond acceptors (Lipinski definition) is 10. The molecule has 206 valence electrons. The summed E-state index contributed by atoms with van der Waals surface area (Å²) < 4.78 is 22.0. The Morgan fingerprint density at radius 2 is 1.98 bits per heavy atom. The molecule has 0 aliphatic carbocycles. The number of ether oxygens (including phenoxy) is 4. The molecule has 0 saturated carbocycles. The molecule has 1 amide bonds. The Kier molecular flexibility index (Phi) is 7.56. The van der Waals surface area contributed by atoms with Gasteiger partial charge < -0.3 is 24.1 Å². The van der Waals surface area contributed by atoms with Gasteiger partial charge in [-0.25, -0.2) is 9.78 Å². The van der Waals surface area contributed by atoms with Crippen LogP contribution in [0, 0.1) is 6.92 Å². The van der Waals surface area contributed by atoms with Gasteiger partial charge in [0.2, 0.25) is 0 Å². The van der Waals surface area contributed by atoms with Gasteiger partial charge in [0.1, 0.15) is 36.2 Å². The highest BCUT2D eigenvalue weighted by molar-refractivity contribution is 7.17. The van der Waals surface area contributed by atoms with E-state index in [1.165, 1.54) is 11.0 Å². The number of aliphatic hydroxyl groups is 1. The molecule has 5 rings (SSSR count). The average molecular weight is 563 g/mol. The maximum atomic E-state index is 13.5. The fraction of sp³-hybridized carbons (Fsp3) is 0.241. The van der Waals surface area contributed by atoms with Gasteiger partial charge in [-0.3, -0.25) is 14.5 Å². The Morgan fingerprint density at radius 1 is 1.20 bits per heavy atom. The van der Waals surface area contributed by atoms with Crippen LogP contribution in [0.1, 0.15) is 39.5 Å². The SMILES string of the molecule is C=CCOC(=O)c1sc(N2C(=O)C(=O)/C(=C(/O)c3ccc4c(c3)OCCO4)C2c2cccc(OCC)c2)nc1C. The minimum atomic E-state index is -1.06. The minimum absolute atomic E-state index is 0.00970. The van der Waals surface area contributed by atoms with Crippen LogP contribution in [-0.2, 0) is 14.3 Å². The van der Waals surface area contributed by atoms with Gasteiger partial charge in [0.15, 0.2) is 16.6 Å². The molecule has 0 spiro atoms. The largest absolute Gasteiger partial charge is 0.507 e. The molecule has 1 aromatic heterocycles. The second kappa shape index (κ2) is 11.2. The Hall–Kier alpha value is -4.64. The van der Waals surface area contributed by atoms with Crippen molar-refractivity contribution >= 4 is 39.9 Å². The molecule has 11 heteroatoms. The van der Waals surface area contributed by atoms with E-state index in [1.807, 2.05) is 6.92 Å². The van der Waals surface area contributed by atoms with E-state index in [4.69, 9.17) is 18.9 Å². The number of thiazole rings is 1. The first-order chi connectivity index (χ1) is 19.3. The topological polar surface area (TPSA) is 124 Å². The molecule has 2 aliphatic heterocycles. The number of aliphatic hydroxyl groups excluding tert-OH is 1. The van der Waals surface area contributed by atoms with Crippen LogP contribution in [-0.4, -0.2) is 54.2 Å². The number of carbonyl (C=O) groups is 3. The van der Waals surface area contributed by atoms with E-state index in [-0.39, 0.29) is 33.5 Å². The van der Waals surface area contributed by atoms with E-state index < -0.39 is 23.7 Å². The Balaban J connectivity index is 1.66. The Labute approximate surface area is 234 Å². The fourth-order valence-electron chi connectivity index (χ4n) is 4.51. The van der Waals surface area contributed by atoms with Crippen molar-refractivity contribution in [3.8, 4) is 17.2 Å². The van der Waals surface area contributed by atoms with E-state index >= 15 is 0 Å². The molecule has 1 N–H and O–H groups in total. The quantitative estimate of drug-likeness (QED) is 0.138. The Bertz CT molecular complexity index is 1540. The van der Waals surface area contributed by atoms with Crippen molar-refractivity contribution < 1.29 is 38.4 Å². The smallest absolute Gasteiger partial charge is 0.350 e. The lowest BCUT2D eigenvalue weighted by atomic mass is 9.95. The monoisotopic (exact) mass is 562 g/mol. The van der Waals surface area contributed by atoms with E-state index in [1.54, 1.807) is 49.4 Å². The van der Waals surface area contributed by atoms with Crippen molar-refractivity contribution in [3.05, 3.63) is 82.4 Å². The molecule has 1 saturated heterocycles. The minimum Gasteiger partial charge on any atom is -0.507 e. The highest BCUT2D eigenvalue weighted by Crippen LogP contribution is 2.45. The maximum absolute atomic E-state index is 13.5. The van der Waals surface area contributed by atoms with Crippen LogP contribution < -0.4 is 19.1 Å². The molecule has 1 unspecified atom stereocenters. The number of fused-ring (bicyclic) bond motifs is 1. The first-order valence-corrected chi connectivity index (χ1v) is 13.3. The number of nitrogens with zero attached hydrogens (tertiary/aromatic N) is 2. The van der Waals surface area contributed by atoms with Crippen LogP contribution in [0.2, 0.25) is 0 Å². The number of ketones is 1. The van der Waals surface area contributed by atoms with Gasteiger partial charge in [0, 0.05) is 5.56 Å². The number of aromatic nitrogens is 1. The summed E-state index contributed by atoms with van der Waals surface area (Å²) in [7, 11) is 0. The molecule has 0 bridgehead atoms. The number of anilines is 1. The van der Waals surface area contributed by atoms with Gasteiger partial charge in [0.25, 0.3) is 5.78 Å². The number of Topliss-reactive ketones (excluding diaryl/α,β-unsaturated/α-hetero) is 1. The highest BCUT2D eigenvalue weighted by atomic mass is 32.1. The van der Waals surface area contributed by atoms with Crippen LogP contribution in [0.15, 0.2) is 60.7 Å². The second-order valence-corrected chi connectivity index (χ2v) is 9.81. The summed E-state index contributed by atoms with van der Waals surface area (Å²) >= 11 is 0.923. The third-order valence-electron chi connectivity index (χ3n) is 6.25. The molecule has 40 heavy (non-hydrogen) atoms. The summed E-state index contributed by atoms with van der Waals surface area (Å²) in [6, 6.07) is 10.6. The van der Waals surface area contributed by atoms with Crippen molar-refractivity contribution in [3.63, 3.8) is 0 Å². The predicted octanol–water partition coefficient (Wildman–Crippen LogP) is 4.59. The van der Waals surface area contributed by atoms with Crippen molar-refractivity contribution in [2.75, 3.05) is 31.3 Å². The number of carbonyl (C=O) groups excluding carboxylic acids is 3. The number of hydrogen-bond donors (Lipinski definition) is 1. The van der Waals surface area contributed by atoms with Crippen molar-refractivity contribution in [2.45, 2.75) is 19.9 Å². The molecule has 10 nitrogen and oxygen atoms in total. The summed E-state index contributed by atoms with van der Waals surface area (Å²) in [5, 5.41) is 11.6. The van der Waals surface area contributed by atoms with E-state index in [9.17, 15) is 19.5 Å². The third kappa shape index (κ3) is 4.91. The van der Waals surface area contributed by atoms with Crippen LogP contribution >= 0.6 is 11.3 Å². The van der Waals surface area contributed by atoms with Crippen LogP contribution in [0.4, 0.5) is 5.13 Å². The van der Waals surface area contributed by atoms with Gasteiger partial charge >= 0.3 is 11.9 Å². The third-order valence-corrected chi connectivity index (χ3v) is 7.39. The maximum Gasteiger partial charge on any atom is 0.350 e. The molecule has 3 aromatic rings. The fourth-order valence-corrected chi connectivity index (χ4v) is 5.49. The van der Waals surface area contributed by atoms with Gasteiger partial charge in [-0.05, 0) is 49.7 Å². The van der Waals surface area contributed by atoms with Crippen LogP contribution in [0.3, 0.4) is 0 Å². The molecule has 1 atom stereocenters. The van der Waals surface area contributed by atoms with Gasteiger partial charge in [-0.2, -0.15) is 0 Å². The van der Waals surface area contributed by atoms with Gasteiger partial charge in [-0.15, -0.1) is 0 Å². The van der Waals surface area contributed by atoms with Crippen molar-refractivity contribution in [1.29, 1.82) is 0 Å². The van der Waals surface area contributed by atoms with Crippen molar-refractivity contribution in [2.24, 2.45) is 0 Å². The summed E-state index contributed by atoms with van der Waals surface area (Å²) in [6.45, 7) is 8.14. The predicted molar refractivity (Wildman–Crippen MR) is 147 cm³/mol. The molecule has 1 fully saturated rings. The number of aryl methyl sites for hydroxylation is 1. The van der Waals surface area contributed by atoms with E-state index in [0.29, 0.717) is 48.3 Å². The number of esters is 1. The van der Waals surface area contributed by atoms with E-state index in [0.717, 1.165) is 11.3 Å². The molecule has 2 aliphatic rings. The summed E-state index contributed by atoms with van der Waals surface area (Å²) in [4.78, 5) is 45.5. The number of benzene rings is 2. The van der Waals surface area contributed by atoms with Gasteiger partial charge in [0.05, 0.1) is 23.9 Å². The lowest BCUT2D eigenvalue weighted by Crippen LogP contribution is -2.29. The van der Waals surface area contributed by atoms with Crippen molar-refractivity contribution in [1.82, 2.24) is 4.98 Å². The molecule has 0 radical (unpaired) electrons. The summed E-state index contributed by atoms with van der Waals surface area (Å²) in [5.41, 5.74) is 0.980.